The quantitative estimate of drug-likeness (QED) is 0.557. The van der Waals surface area contributed by atoms with Gasteiger partial charge in [-0.15, -0.1) is 11.3 Å². The lowest BCUT2D eigenvalue weighted by molar-refractivity contribution is -0.123. The topological polar surface area (TPSA) is 145 Å². The number of benzene rings is 1. The van der Waals surface area contributed by atoms with Crippen molar-refractivity contribution in [2.45, 2.75) is 4.21 Å². The van der Waals surface area contributed by atoms with Crippen molar-refractivity contribution in [1.82, 2.24) is 5.32 Å². The third-order valence-corrected chi connectivity index (χ3v) is 6.28. The van der Waals surface area contributed by atoms with Crippen LogP contribution in [-0.4, -0.2) is 32.9 Å². The number of esters is 1. The summed E-state index contributed by atoms with van der Waals surface area (Å²) in [6, 6.07) is 7.64. The molecule has 0 spiro atoms. The van der Waals surface area contributed by atoms with Crippen LogP contribution in [-0.2, 0) is 19.6 Å². The van der Waals surface area contributed by atoms with Crippen molar-refractivity contribution >= 4 is 60.9 Å². The van der Waals surface area contributed by atoms with Crippen molar-refractivity contribution in [3.63, 3.8) is 0 Å². The molecule has 0 bridgehead atoms. The maximum absolute atomic E-state index is 12.4. The van der Waals surface area contributed by atoms with E-state index < -0.39 is 34.5 Å². The summed E-state index contributed by atoms with van der Waals surface area (Å²) in [4.78, 5) is 34.0. The third-order valence-electron chi connectivity index (χ3n) is 2.80. The van der Waals surface area contributed by atoms with Gasteiger partial charge in [0.1, 0.15) is 4.21 Å². The number of nitrogens with one attached hydrogen (secondary N) is 2. The van der Waals surface area contributed by atoms with Gasteiger partial charge in [0.15, 0.2) is 6.61 Å². The molecule has 9 nitrogen and oxygen atoms in total. The smallest absolute Gasteiger partial charge is 0.340 e. The highest BCUT2D eigenvalue weighted by atomic mass is 79.9. The Morgan fingerprint density at radius 2 is 1.85 bits per heavy atom. The highest BCUT2D eigenvalue weighted by molar-refractivity contribution is 9.11. The van der Waals surface area contributed by atoms with Gasteiger partial charge in [-0.05, 0) is 40.2 Å². The minimum absolute atomic E-state index is 0.0164. The van der Waals surface area contributed by atoms with Crippen molar-refractivity contribution < 1.29 is 27.5 Å². The molecule has 0 saturated heterocycles. The number of primary amides is 1. The first-order chi connectivity index (χ1) is 12.2. The molecule has 0 aliphatic rings. The maximum Gasteiger partial charge on any atom is 0.340 e. The first-order valence-corrected chi connectivity index (χ1v) is 9.92. The number of halogens is 1. The van der Waals surface area contributed by atoms with Gasteiger partial charge in [-0.3, -0.25) is 14.8 Å². The summed E-state index contributed by atoms with van der Waals surface area (Å²) in [6.45, 7) is -0.749. The van der Waals surface area contributed by atoms with E-state index in [9.17, 15) is 22.8 Å². The molecule has 12 heteroatoms. The lowest BCUT2D eigenvalue weighted by Gasteiger charge is -2.11. The summed E-state index contributed by atoms with van der Waals surface area (Å²) >= 11 is 4.18. The Bertz CT molecular complexity index is 957. The molecule has 1 heterocycles. The van der Waals surface area contributed by atoms with Gasteiger partial charge in [-0.1, -0.05) is 12.1 Å². The Morgan fingerprint density at radius 1 is 1.15 bits per heavy atom. The average Bonchev–Trinajstić information content (AvgIpc) is 2.99. The number of thiophene rings is 1. The van der Waals surface area contributed by atoms with Crippen molar-refractivity contribution in [3.05, 3.63) is 45.7 Å². The van der Waals surface area contributed by atoms with Gasteiger partial charge in [0.2, 0.25) is 0 Å². The fourth-order valence-corrected chi connectivity index (χ4v) is 4.86. The van der Waals surface area contributed by atoms with E-state index in [2.05, 4.69) is 20.7 Å². The van der Waals surface area contributed by atoms with Crippen LogP contribution < -0.4 is 15.8 Å². The zero-order valence-electron chi connectivity index (χ0n) is 12.9. The summed E-state index contributed by atoms with van der Waals surface area (Å²) in [5.74, 6) is -1.86. The zero-order valence-corrected chi connectivity index (χ0v) is 16.1. The van der Waals surface area contributed by atoms with E-state index in [0.29, 0.717) is 3.79 Å². The molecule has 2 aromatic rings. The standard InChI is InChI=1S/C14H12BrN3O6S2/c15-10-5-6-12(25-10)26(22,23)18-9-4-2-1-3-8(9)13(20)24-7-11(19)17-14(16)21/h1-6,18H,7H2,(H3,16,17,19,21). The molecule has 0 radical (unpaired) electrons. The van der Waals surface area contributed by atoms with E-state index in [4.69, 9.17) is 10.5 Å². The van der Waals surface area contributed by atoms with E-state index in [-0.39, 0.29) is 15.5 Å². The van der Waals surface area contributed by atoms with Crippen molar-refractivity contribution in [1.29, 1.82) is 0 Å². The summed E-state index contributed by atoms with van der Waals surface area (Å²) < 4.78 is 32.5. The summed E-state index contributed by atoms with van der Waals surface area (Å²) in [5, 5.41) is 1.73. The monoisotopic (exact) mass is 461 g/mol. The Balaban J connectivity index is 2.16. The van der Waals surface area contributed by atoms with Crippen LogP contribution in [0.1, 0.15) is 10.4 Å². The van der Waals surface area contributed by atoms with Crippen LogP contribution in [0.15, 0.2) is 44.4 Å². The number of rotatable bonds is 6. The van der Waals surface area contributed by atoms with E-state index in [0.717, 1.165) is 11.3 Å². The fourth-order valence-electron chi connectivity index (χ4n) is 1.77. The first-order valence-electron chi connectivity index (χ1n) is 6.82. The molecule has 0 atom stereocenters. The second kappa shape index (κ2) is 8.29. The molecule has 138 valence electrons. The van der Waals surface area contributed by atoms with Gasteiger partial charge in [-0.2, -0.15) is 0 Å². The lowest BCUT2D eigenvalue weighted by Crippen LogP contribution is -2.37. The van der Waals surface area contributed by atoms with Crippen LogP contribution in [0.3, 0.4) is 0 Å². The molecule has 1 aromatic carbocycles. The summed E-state index contributed by atoms with van der Waals surface area (Å²) in [7, 11) is -3.91. The van der Waals surface area contributed by atoms with Gasteiger partial charge in [-0.25, -0.2) is 18.0 Å². The van der Waals surface area contributed by atoms with Crippen LogP contribution in [0.4, 0.5) is 10.5 Å². The molecule has 26 heavy (non-hydrogen) atoms. The Morgan fingerprint density at radius 3 is 2.46 bits per heavy atom. The molecule has 0 aliphatic carbocycles. The Kier molecular flexibility index (Phi) is 6.34. The largest absolute Gasteiger partial charge is 0.452 e. The Labute approximate surface area is 160 Å². The van der Waals surface area contributed by atoms with E-state index in [1.165, 1.54) is 30.3 Å². The van der Waals surface area contributed by atoms with Gasteiger partial charge < -0.3 is 10.5 Å². The van der Waals surface area contributed by atoms with Crippen molar-refractivity contribution in [3.8, 4) is 0 Å². The molecule has 3 amide bonds. The zero-order chi connectivity index (χ0) is 19.3. The molecule has 1 aromatic heterocycles. The van der Waals surface area contributed by atoms with Gasteiger partial charge in [0, 0.05) is 0 Å². The van der Waals surface area contributed by atoms with E-state index in [1.54, 1.807) is 11.4 Å². The van der Waals surface area contributed by atoms with Gasteiger partial charge in [0.05, 0.1) is 15.0 Å². The van der Waals surface area contributed by atoms with E-state index in [1.807, 2.05) is 0 Å². The second-order valence-electron chi connectivity index (χ2n) is 4.70. The highest BCUT2D eigenvalue weighted by Crippen LogP contribution is 2.28. The molecule has 0 saturated carbocycles. The van der Waals surface area contributed by atoms with Crippen molar-refractivity contribution in [2.75, 3.05) is 11.3 Å². The predicted octanol–water partition coefficient (Wildman–Crippen LogP) is 1.66. The predicted molar refractivity (Wildman–Crippen MR) is 97.3 cm³/mol. The number of imide groups is 1. The van der Waals surface area contributed by atoms with Crippen LogP contribution in [0.5, 0.6) is 0 Å². The average molecular weight is 462 g/mol. The lowest BCUT2D eigenvalue weighted by atomic mass is 10.2. The minimum atomic E-state index is -3.91. The summed E-state index contributed by atoms with van der Waals surface area (Å²) in [5.41, 5.74) is 4.66. The van der Waals surface area contributed by atoms with Crippen LogP contribution in [0.2, 0.25) is 0 Å². The third kappa shape index (κ3) is 5.28. The number of urea groups is 1. The summed E-state index contributed by atoms with van der Waals surface area (Å²) in [6.07, 6.45) is 0. The Hall–Kier alpha value is -2.44. The number of hydrogen-bond acceptors (Lipinski definition) is 7. The van der Waals surface area contributed by atoms with Crippen LogP contribution >= 0.6 is 27.3 Å². The molecule has 4 N–H and O–H groups in total. The number of ether oxygens (including phenoxy) is 1. The second-order valence-corrected chi connectivity index (χ2v) is 9.07. The number of carbonyl (C=O) groups is 3. The molecule has 0 unspecified atom stereocenters. The fraction of sp³-hybridized carbons (Fsp3) is 0.0714. The highest BCUT2D eigenvalue weighted by Gasteiger charge is 2.21. The van der Waals surface area contributed by atoms with E-state index >= 15 is 0 Å². The van der Waals surface area contributed by atoms with Crippen molar-refractivity contribution in [2.24, 2.45) is 5.73 Å². The van der Waals surface area contributed by atoms with Gasteiger partial charge in [0.25, 0.3) is 15.9 Å². The molecular weight excluding hydrogens is 450 g/mol. The SMILES string of the molecule is NC(=O)NC(=O)COC(=O)c1ccccc1NS(=O)(=O)c1ccc(Br)s1. The molecule has 2 rings (SSSR count). The maximum atomic E-state index is 12.4. The van der Waals surface area contributed by atoms with Crippen LogP contribution in [0, 0.1) is 0 Å². The number of anilines is 1. The number of nitrogens with two attached hydrogens (primary N) is 1. The molecule has 0 aliphatic heterocycles. The van der Waals surface area contributed by atoms with Gasteiger partial charge >= 0.3 is 12.0 Å². The number of para-hydroxylation sites is 1. The normalized spacial score (nSPS) is 10.8. The van der Waals surface area contributed by atoms with Crippen LogP contribution in [0.25, 0.3) is 0 Å². The first kappa shape index (κ1) is 19.9. The number of sulfonamides is 1. The molecular formula is C14H12BrN3O6S2. The number of amides is 3. The number of carbonyl (C=O) groups excluding carboxylic acids is 3. The molecule has 0 fully saturated rings. The number of hydrogen-bond donors (Lipinski definition) is 3. The minimum Gasteiger partial charge on any atom is -0.452 e.